The van der Waals surface area contributed by atoms with E-state index >= 15 is 0 Å². The standard InChI is InChI=1S/C16H33NO/c1-4-12-17-16(11-10-14(2)18-3)13-15-8-6-5-7-9-15/h14-17H,4-13H2,1-3H3. The van der Waals surface area contributed by atoms with E-state index in [0.717, 1.165) is 5.92 Å². The largest absolute Gasteiger partial charge is 0.382 e. The van der Waals surface area contributed by atoms with E-state index in [0.29, 0.717) is 12.1 Å². The fraction of sp³-hybridized carbons (Fsp3) is 1.00. The molecule has 0 heterocycles. The van der Waals surface area contributed by atoms with E-state index < -0.39 is 0 Å². The van der Waals surface area contributed by atoms with Crippen molar-refractivity contribution in [1.29, 1.82) is 0 Å². The third-order valence-electron chi connectivity index (χ3n) is 4.35. The molecule has 0 amide bonds. The minimum Gasteiger partial charge on any atom is -0.382 e. The molecule has 0 aliphatic heterocycles. The van der Waals surface area contributed by atoms with Gasteiger partial charge in [-0.05, 0) is 45.1 Å². The van der Waals surface area contributed by atoms with Gasteiger partial charge in [-0.1, -0.05) is 39.0 Å². The molecule has 0 aromatic carbocycles. The average molecular weight is 255 g/mol. The fourth-order valence-corrected chi connectivity index (χ4v) is 3.03. The highest BCUT2D eigenvalue weighted by Gasteiger charge is 2.19. The van der Waals surface area contributed by atoms with Gasteiger partial charge in [0, 0.05) is 13.2 Å². The molecule has 1 aliphatic rings. The second-order valence-electron chi connectivity index (χ2n) is 6.01. The first-order valence-electron chi connectivity index (χ1n) is 8.02. The molecule has 0 radical (unpaired) electrons. The topological polar surface area (TPSA) is 21.3 Å². The van der Waals surface area contributed by atoms with Gasteiger partial charge in [0.25, 0.3) is 0 Å². The summed E-state index contributed by atoms with van der Waals surface area (Å²) < 4.78 is 5.37. The van der Waals surface area contributed by atoms with Gasteiger partial charge in [-0.25, -0.2) is 0 Å². The number of nitrogens with one attached hydrogen (secondary N) is 1. The maximum absolute atomic E-state index is 5.37. The van der Waals surface area contributed by atoms with E-state index in [2.05, 4.69) is 19.2 Å². The number of rotatable bonds is 9. The normalized spacial score (nSPS) is 20.8. The minimum atomic E-state index is 0.405. The molecule has 1 rings (SSSR count). The third kappa shape index (κ3) is 6.75. The first-order chi connectivity index (χ1) is 8.76. The summed E-state index contributed by atoms with van der Waals surface area (Å²) in [5, 5.41) is 3.74. The quantitative estimate of drug-likeness (QED) is 0.668. The van der Waals surface area contributed by atoms with Crippen LogP contribution in [-0.4, -0.2) is 25.8 Å². The summed E-state index contributed by atoms with van der Waals surface area (Å²) in [5.74, 6) is 0.978. The monoisotopic (exact) mass is 255 g/mol. The number of hydrogen-bond acceptors (Lipinski definition) is 2. The zero-order valence-corrected chi connectivity index (χ0v) is 12.7. The van der Waals surface area contributed by atoms with Gasteiger partial charge in [-0.15, -0.1) is 0 Å². The van der Waals surface area contributed by atoms with Crippen molar-refractivity contribution >= 4 is 0 Å². The van der Waals surface area contributed by atoms with Gasteiger partial charge in [0.1, 0.15) is 0 Å². The van der Waals surface area contributed by atoms with E-state index in [1.165, 1.54) is 64.3 Å². The van der Waals surface area contributed by atoms with E-state index in [9.17, 15) is 0 Å². The van der Waals surface area contributed by atoms with Crippen LogP contribution in [0.4, 0.5) is 0 Å². The van der Waals surface area contributed by atoms with Gasteiger partial charge in [-0.2, -0.15) is 0 Å². The number of methoxy groups -OCH3 is 1. The van der Waals surface area contributed by atoms with Crippen molar-refractivity contribution in [2.75, 3.05) is 13.7 Å². The predicted octanol–water partition coefficient (Wildman–Crippen LogP) is 4.14. The molecule has 2 unspecified atom stereocenters. The molecule has 0 bridgehead atoms. The van der Waals surface area contributed by atoms with E-state index in [4.69, 9.17) is 4.74 Å². The van der Waals surface area contributed by atoms with Crippen LogP contribution in [0.3, 0.4) is 0 Å². The lowest BCUT2D eigenvalue weighted by Gasteiger charge is -2.28. The molecule has 1 saturated carbocycles. The Morgan fingerprint density at radius 3 is 2.50 bits per heavy atom. The Kier molecular flexibility index (Phi) is 8.70. The van der Waals surface area contributed by atoms with E-state index in [1.54, 1.807) is 0 Å². The van der Waals surface area contributed by atoms with Crippen molar-refractivity contribution in [3.63, 3.8) is 0 Å². The smallest absolute Gasteiger partial charge is 0.0543 e. The van der Waals surface area contributed by atoms with Crippen molar-refractivity contribution in [2.45, 2.75) is 83.8 Å². The van der Waals surface area contributed by atoms with Crippen molar-refractivity contribution in [3.05, 3.63) is 0 Å². The lowest BCUT2D eigenvalue weighted by Crippen LogP contribution is -2.33. The molecule has 2 nitrogen and oxygen atoms in total. The molecule has 0 aromatic heterocycles. The molecule has 108 valence electrons. The Labute approximate surface area is 114 Å². The Morgan fingerprint density at radius 2 is 1.89 bits per heavy atom. The van der Waals surface area contributed by atoms with Crippen LogP contribution in [0, 0.1) is 5.92 Å². The molecule has 0 aromatic rings. The molecular weight excluding hydrogens is 222 g/mol. The maximum atomic E-state index is 5.37. The summed E-state index contributed by atoms with van der Waals surface area (Å²) in [6.07, 6.45) is 12.8. The van der Waals surface area contributed by atoms with Crippen molar-refractivity contribution in [3.8, 4) is 0 Å². The lowest BCUT2D eigenvalue weighted by molar-refractivity contribution is 0.104. The summed E-state index contributed by atoms with van der Waals surface area (Å²) in [7, 11) is 1.82. The lowest BCUT2D eigenvalue weighted by atomic mass is 9.84. The van der Waals surface area contributed by atoms with Crippen molar-refractivity contribution in [1.82, 2.24) is 5.32 Å². The van der Waals surface area contributed by atoms with Gasteiger partial charge < -0.3 is 10.1 Å². The summed E-state index contributed by atoms with van der Waals surface area (Å²) >= 11 is 0. The zero-order chi connectivity index (χ0) is 13.2. The summed E-state index contributed by atoms with van der Waals surface area (Å²) in [6.45, 7) is 5.60. The zero-order valence-electron chi connectivity index (χ0n) is 12.7. The molecule has 1 aliphatic carbocycles. The van der Waals surface area contributed by atoms with Crippen LogP contribution in [0.1, 0.15) is 71.6 Å². The van der Waals surface area contributed by atoms with Gasteiger partial charge in [0.2, 0.25) is 0 Å². The summed E-state index contributed by atoms with van der Waals surface area (Å²) in [5.41, 5.74) is 0. The first kappa shape index (κ1) is 16.0. The van der Waals surface area contributed by atoms with Gasteiger partial charge in [0.15, 0.2) is 0 Å². The van der Waals surface area contributed by atoms with Crippen LogP contribution < -0.4 is 5.32 Å². The van der Waals surface area contributed by atoms with Crippen LogP contribution in [0.25, 0.3) is 0 Å². The van der Waals surface area contributed by atoms with Crippen LogP contribution in [0.5, 0.6) is 0 Å². The Balaban J connectivity index is 2.28. The minimum absolute atomic E-state index is 0.405. The van der Waals surface area contributed by atoms with E-state index in [-0.39, 0.29) is 0 Å². The average Bonchev–Trinajstić information content (AvgIpc) is 2.42. The van der Waals surface area contributed by atoms with Crippen LogP contribution in [0.15, 0.2) is 0 Å². The maximum Gasteiger partial charge on any atom is 0.0543 e. The van der Waals surface area contributed by atoms with E-state index in [1.807, 2.05) is 7.11 Å². The molecule has 2 heteroatoms. The molecule has 0 spiro atoms. The Hall–Kier alpha value is -0.0800. The second kappa shape index (κ2) is 9.80. The summed E-state index contributed by atoms with van der Waals surface area (Å²) in [4.78, 5) is 0. The van der Waals surface area contributed by atoms with Crippen molar-refractivity contribution < 1.29 is 4.74 Å². The Morgan fingerprint density at radius 1 is 1.17 bits per heavy atom. The highest BCUT2D eigenvalue weighted by molar-refractivity contribution is 4.75. The van der Waals surface area contributed by atoms with Crippen LogP contribution >= 0.6 is 0 Å². The number of hydrogen-bond donors (Lipinski definition) is 1. The van der Waals surface area contributed by atoms with Crippen LogP contribution in [-0.2, 0) is 4.74 Å². The second-order valence-corrected chi connectivity index (χ2v) is 6.01. The SMILES string of the molecule is CCCNC(CCC(C)OC)CC1CCCCC1. The molecule has 2 atom stereocenters. The predicted molar refractivity (Wildman–Crippen MR) is 79.0 cm³/mol. The third-order valence-corrected chi connectivity index (χ3v) is 4.35. The van der Waals surface area contributed by atoms with Gasteiger partial charge in [0.05, 0.1) is 6.10 Å². The molecule has 1 N–H and O–H groups in total. The molecule has 18 heavy (non-hydrogen) atoms. The fourth-order valence-electron chi connectivity index (χ4n) is 3.03. The Bertz CT molecular complexity index is 190. The highest BCUT2D eigenvalue weighted by atomic mass is 16.5. The number of ether oxygens (including phenoxy) is 1. The molecular formula is C16H33NO. The molecule has 0 saturated heterocycles. The summed E-state index contributed by atoms with van der Waals surface area (Å²) in [6, 6.07) is 0.714. The van der Waals surface area contributed by atoms with Gasteiger partial charge >= 0.3 is 0 Å². The highest BCUT2D eigenvalue weighted by Crippen LogP contribution is 2.28. The molecule has 1 fully saturated rings. The van der Waals surface area contributed by atoms with Crippen LogP contribution in [0.2, 0.25) is 0 Å². The first-order valence-corrected chi connectivity index (χ1v) is 8.02. The van der Waals surface area contributed by atoms with Crippen molar-refractivity contribution in [2.24, 2.45) is 5.92 Å². The van der Waals surface area contributed by atoms with Gasteiger partial charge in [-0.3, -0.25) is 0 Å².